The Morgan fingerprint density at radius 1 is 1.14 bits per heavy atom. The van der Waals surface area contributed by atoms with E-state index in [2.05, 4.69) is 5.32 Å². The summed E-state index contributed by atoms with van der Waals surface area (Å²) < 4.78 is 41.4. The van der Waals surface area contributed by atoms with Gasteiger partial charge in [-0.25, -0.2) is 0 Å². The molecule has 7 heteroatoms. The first-order chi connectivity index (χ1) is 10.3. The van der Waals surface area contributed by atoms with Crippen molar-refractivity contribution in [3.8, 4) is 5.75 Å². The van der Waals surface area contributed by atoms with Crippen molar-refractivity contribution in [2.24, 2.45) is 0 Å². The Bertz CT molecular complexity index is 660. The Balaban J connectivity index is 2.18. The Morgan fingerprint density at radius 2 is 1.82 bits per heavy atom. The van der Waals surface area contributed by atoms with E-state index in [0.29, 0.717) is 5.56 Å². The van der Waals surface area contributed by atoms with E-state index >= 15 is 0 Å². The highest BCUT2D eigenvalue weighted by molar-refractivity contribution is 6.31. The number of hydrogen-bond acceptors (Lipinski definition) is 2. The third-order valence-corrected chi connectivity index (χ3v) is 2.85. The molecule has 0 heterocycles. The topological polar surface area (TPSA) is 38.3 Å². The van der Waals surface area contributed by atoms with Gasteiger partial charge in [-0.1, -0.05) is 29.8 Å². The first-order valence-electron chi connectivity index (χ1n) is 6.21. The average molecular weight is 330 g/mol. The van der Waals surface area contributed by atoms with Crippen molar-refractivity contribution in [1.29, 1.82) is 0 Å². The largest absolute Gasteiger partial charge is 0.482 e. The first kappa shape index (κ1) is 16.2. The van der Waals surface area contributed by atoms with Crippen molar-refractivity contribution in [2.45, 2.75) is 6.18 Å². The van der Waals surface area contributed by atoms with Crippen molar-refractivity contribution in [1.82, 2.24) is 0 Å². The Hall–Kier alpha value is -2.21. The van der Waals surface area contributed by atoms with Gasteiger partial charge in [-0.2, -0.15) is 13.2 Å². The summed E-state index contributed by atoms with van der Waals surface area (Å²) in [5.41, 5.74) is 0.440. The highest BCUT2D eigenvalue weighted by atomic mass is 35.5. The number of alkyl halides is 3. The van der Waals surface area contributed by atoms with Crippen molar-refractivity contribution in [2.75, 3.05) is 11.9 Å². The van der Waals surface area contributed by atoms with Gasteiger partial charge in [0.2, 0.25) is 0 Å². The predicted octanol–water partition coefficient (Wildman–Crippen LogP) is 4.53. The minimum atomic E-state index is -4.47. The number of hydrogen-bond donors (Lipinski definition) is 1. The van der Waals surface area contributed by atoms with E-state index in [1.54, 1.807) is 30.3 Å². The van der Waals surface area contributed by atoms with Crippen LogP contribution in [0.15, 0.2) is 48.5 Å². The third-order valence-electron chi connectivity index (χ3n) is 2.62. The number of nitrogens with one attached hydrogen (secondary N) is 1. The van der Waals surface area contributed by atoms with Crippen LogP contribution in [0.1, 0.15) is 10.4 Å². The van der Waals surface area contributed by atoms with Crippen LogP contribution in [0.2, 0.25) is 5.02 Å². The van der Waals surface area contributed by atoms with Crippen LogP contribution in [0.3, 0.4) is 0 Å². The van der Waals surface area contributed by atoms with E-state index in [-0.39, 0.29) is 16.5 Å². The molecular weight excluding hydrogens is 319 g/mol. The second kappa shape index (κ2) is 6.70. The number of halogens is 4. The van der Waals surface area contributed by atoms with Crippen molar-refractivity contribution < 1.29 is 22.7 Å². The molecular formula is C15H11ClF3NO2. The van der Waals surface area contributed by atoms with Gasteiger partial charge < -0.3 is 10.1 Å². The molecule has 0 spiro atoms. The van der Waals surface area contributed by atoms with Crippen LogP contribution in [0.25, 0.3) is 0 Å². The Kier molecular flexibility index (Phi) is 4.92. The molecule has 2 aromatic rings. The van der Waals surface area contributed by atoms with Crippen LogP contribution in [-0.4, -0.2) is 18.7 Å². The molecule has 0 atom stereocenters. The molecule has 22 heavy (non-hydrogen) atoms. The molecule has 0 unspecified atom stereocenters. The quantitative estimate of drug-likeness (QED) is 0.894. The number of anilines is 1. The van der Waals surface area contributed by atoms with E-state index in [1.165, 1.54) is 18.2 Å². The third kappa shape index (κ3) is 4.66. The maximum atomic E-state index is 12.2. The zero-order chi connectivity index (χ0) is 16.2. The second-order valence-corrected chi connectivity index (χ2v) is 4.80. The SMILES string of the molecule is O=C(Nc1cc(Cl)ccc1OCC(F)(F)F)c1ccccc1. The zero-order valence-corrected chi connectivity index (χ0v) is 11.9. The summed E-state index contributed by atoms with van der Waals surface area (Å²) >= 11 is 5.81. The lowest BCUT2D eigenvalue weighted by molar-refractivity contribution is -0.153. The fourth-order valence-corrected chi connectivity index (χ4v) is 1.84. The molecule has 0 aliphatic carbocycles. The molecule has 0 bridgehead atoms. The maximum Gasteiger partial charge on any atom is 0.422 e. The summed E-state index contributed by atoms with van der Waals surface area (Å²) in [6.07, 6.45) is -4.47. The number of benzene rings is 2. The molecule has 1 amide bonds. The summed E-state index contributed by atoms with van der Waals surface area (Å²) in [4.78, 5) is 12.0. The molecule has 0 aliphatic rings. The minimum absolute atomic E-state index is 0.0746. The molecule has 0 saturated heterocycles. The van der Waals surface area contributed by atoms with Crippen molar-refractivity contribution >= 4 is 23.2 Å². The lowest BCUT2D eigenvalue weighted by Gasteiger charge is -2.14. The zero-order valence-electron chi connectivity index (χ0n) is 11.2. The van der Waals surface area contributed by atoms with Gasteiger partial charge in [0.25, 0.3) is 5.91 Å². The fraction of sp³-hybridized carbons (Fsp3) is 0.133. The highest BCUT2D eigenvalue weighted by Crippen LogP contribution is 2.30. The first-order valence-corrected chi connectivity index (χ1v) is 6.58. The molecule has 0 aromatic heterocycles. The molecule has 2 aromatic carbocycles. The van der Waals surface area contributed by atoms with Gasteiger partial charge >= 0.3 is 6.18 Å². The summed E-state index contributed by atoms with van der Waals surface area (Å²) in [6, 6.07) is 12.2. The summed E-state index contributed by atoms with van der Waals surface area (Å²) in [5, 5.41) is 2.75. The van der Waals surface area contributed by atoms with Crippen LogP contribution < -0.4 is 10.1 Å². The lowest BCUT2D eigenvalue weighted by Crippen LogP contribution is -2.20. The number of amides is 1. The normalized spacial score (nSPS) is 11.1. The summed E-state index contributed by atoms with van der Waals surface area (Å²) in [6.45, 7) is -1.46. The van der Waals surface area contributed by atoms with Gasteiger partial charge in [0.05, 0.1) is 5.69 Å². The molecule has 0 aliphatic heterocycles. The predicted molar refractivity (Wildman–Crippen MR) is 77.4 cm³/mol. The molecule has 116 valence electrons. The lowest BCUT2D eigenvalue weighted by atomic mass is 10.2. The van der Waals surface area contributed by atoms with Gasteiger partial charge in [-0.3, -0.25) is 4.79 Å². The van der Waals surface area contributed by atoms with E-state index < -0.39 is 18.7 Å². The highest BCUT2D eigenvalue weighted by Gasteiger charge is 2.29. The molecule has 0 radical (unpaired) electrons. The minimum Gasteiger partial charge on any atom is -0.482 e. The molecule has 0 saturated carbocycles. The van der Waals surface area contributed by atoms with Crippen LogP contribution in [0.4, 0.5) is 18.9 Å². The van der Waals surface area contributed by atoms with Crippen molar-refractivity contribution in [3.05, 3.63) is 59.1 Å². The van der Waals surface area contributed by atoms with E-state index in [9.17, 15) is 18.0 Å². The molecule has 2 rings (SSSR count). The number of ether oxygens (including phenoxy) is 1. The number of rotatable bonds is 4. The summed E-state index contributed by atoms with van der Waals surface area (Å²) in [5.74, 6) is -0.578. The monoisotopic (exact) mass is 329 g/mol. The van der Waals surface area contributed by atoms with Gasteiger partial charge in [-0.05, 0) is 30.3 Å². The van der Waals surface area contributed by atoms with Gasteiger partial charge in [-0.15, -0.1) is 0 Å². The van der Waals surface area contributed by atoms with Crippen LogP contribution >= 0.6 is 11.6 Å². The second-order valence-electron chi connectivity index (χ2n) is 4.36. The van der Waals surface area contributed by atoms with Crippen LogP contribution in [-0.2, 0) is 0 Å². The summed E-state index contributed by atoms with van der Waals surface area (Å²) in [7, 11) is 0. The molecule has 1 N–H and O–H groups in total. The van der Waals surface area contributed by atoms with E-state index in [4.69, 9.17) is 16.3 Å². The number of carbonyl (C=O) groups is 1. The fourth-order valence-electron chi connectivity index (χ4n) is 1.67. The van der Waals surface area contributed by atoms with Gasteiger partial charge in [0, 0.05) is 10.6 Å². The maximum absolute atomic E-state index is 12.2. The van der Waals surface area contributed by atoms with Crippen LogP contribution in [0, 0.1) is 0 Å². The molecule has 3 nitrogen and oxygen atoms in total. The van der Waals surface area contributed by atoms with Gasteiger partial charge in [0.1, 0.15) is 5.75 Å². The molecule has 0 fully saturated rings. The van der Waals surface area contributed by atoms with Gasteiger partial charge in [0.15, 0.2) is 6.61 Å². The van der Waals surface area contributed by atoms with E-state index in [0.717, 1.165) is 0 Å². The van der Waals surface area contributed by atoms with E-state index in [1.807, 2.05) is 0 Å². The average Bonchev–Trinajstić information content (AvgIpc) is 2.46. The standard InChI is InChI=1S/C15H11ClF3NO2/c16-11-6-7-13(22-9-15(17,18)19)12(8-11)20-14(21)10-4-2-1-3-5-10/h1-8H,9H2,(H,20,21). The Labute approximate surface area is 129 Å². The Morgan fingerprint density at radius 3 is 2.45 bits per heavy atom. The smallest absolute Gasteiger partial charge is 0.422 e. The van der Waals surface area contributed by atoms with Crippen molar-refractivity contribution in [3.63, 3.8) is 0 Å². The van der Waals surface area contributed by atoms with Crippen LogP contribution in [0.5, 0.6) is 5.75 Å². The number of carbonyl (C=O) groups excluding carboxylic acids is 1.